The van der Waals surface area contributed by atoms with Crippen LogP contribution in [0.5, 0.6) is 5.75 Å². The second-order valence-electron chi connectivity index (χ2n) is 12.0. The third kappa shape index (κ3) is 8.72. The molecule has 3 aromatic rings. The van der Waals surface area contributed by atoms with E-state index in [2.05, 4.69) is 10.3 Å². The van der Waals surface area contributed by atoms with Crippen LogP contribution in [0.4, 0.5) is 5.69 Å². The maximum absolute atomic E-state index is 14.3. The Morgan fingerprint density at radius 2 is 1.91 bits per heavy atom. The molecule has 0 spiro atoms. The molecule has 1 aromatic heterocycles. The molecule has 13 heteroatoms. The van der Waals surface area contributed by atoms with Crippen molar-refractivity contribution in [2.45, 2.75) is 63.3 Å². The van der Waals surface area contributed by atoms with Gasteiger partial charge < -0.3 is 29.4 Å². The lowest BCUT2D eigenvalue weighted by atomic mass is 10.0. The number of ether oxygens (including phenoxy) is 2. The summed E-state index contributed by atoms with van der Waals surface area (Å²) in [6.45, 7) is 5.89. The van der Waals surface area contributed by atoms with Gasteiger partial charge >= 0.3 is 0 Å². The molecule has 46 heavy (non-hydrogen) atoms. The lowest BCUT2D eigenvalue weighted by Crippen LogP contribution is -2.48. The van der Waals surface area contributed by atoms with Gasteiger partial charge in [0.25, 0.3) is 21.8 Å². The molecule has 1 aliphatic rings. The number of carbonyl (C=O) groups excluding carboxylic acids is 2. The monoisotopic (exact) mass is 655 g/mol. The third-order valence-corrected chi connectivity index (χ3v) is 9.85. The molecule has 2 aromatic carbocycles. The van der Waals surface area contributed by atoms with Gasteiger partial charge in [0.2, 0.25) is 0 Å². The Kier molecular flexibility index (Phi) is 12.0. The van der Waals surface area contributed by atoms with E-state index < -0.39 is 28.1 Å². The number of benzene rings is 2. The molecule has 2 N–H and O–H groups in total. The first-order valence-corrected chi connectivity index (χ1v) is 17.0. The van der Waals surface area contributed by atoms with E-state index in [1.807, 2.05) is 19.9 Å². The zero-order chi connectivity index (χ0) is 33.4. The number of hydrogen-bond donors (Lipinski definition) is 2. The van der Waals surface area contributed by atoms with Gasteiger partial charge in [-0.3, -0.25) is 9.59 Å². The van der Waals surface area contributed by atoms with Crippen LogP contribution in [0.1, 0.15) is 60.7 Å². The highest BCUT2D eigenvalue weighted by Gasteiger charge is 2.33. The van der Waals surface area contributed by atoms with Gasteiger partial charge in [-0.1, -0.05) is 25.1 Å². The molecule has 0 unspecified atom stereocenters. The maximum atomic E-state index is 14.3. The van der Waals surface area contributed by atoms with Gasteiger partial charge in [0.15, 0.2) is 5.03 Å². The van der Waals surface area contributed by atoms with Gasteiger partial charge in [-0.25, -0.2) is 13.4 Å². The Balaban J connectivity index is 1.65. The molecule has 4 atom stereocenters. The summed E-state index contributed by atoms with van der Waals surface area (Å²) in [5.74, 6) is -0.658. The van der Waals surface area contributed by atoms with Crippen LogP contribution in [0.2, 0.25) is 0 Å². The van der Waals surface area contributed by atoms with E-state index in [0.717, 1.165) is 12.8 Å². The highest BCUT2D eigenvalue weighted by molar-refractivity contribution is 7.89. The van der Waals surface area contributed by atoms with Crippen molar-refractivity contribution in [2.75, 3.05) is 38.7 Å². The zero-order valence-electron chi connectivity index (χ0n) is 27.1. The van der Waals surface area contributed by atoms with Crippen molar-refractivity contribution in [1.82, 2.24) is 18.8 Å². The average Bonchev–Trinajstić information content (AvgIpc) is 3.49. The predicted molar refractivity (Wildman–Crippen MR) is 174 cm³/mol. The van der Waals surface area contributed by atoms with Crippen LogP contribution in [0, 0.1) is 5.92 Å². The van der Waals surface area contributed by atoms with E-state index in [-0.39, 0.29) is 48.2 Å². The summed E-state index contributed by atoms with van der Waals surface area (Å²) < 4.78 is 41.9. The molecule has 0 fully saturated rings. The number of aromatic nitrogens is 2. The standard InChI is InChI=1S/C33H45N5O7S/c1-23-18-38(24(2)21-39)33(41)28-17-27(35-32(40)26-12-7-6-8-13-26)14-15-29(28)45-25(3)11-9-10-16-44-30(23)19-37(5)46(42,43)31-20-36(4)22-34-31/h6-8,12-15,17,20,22-25,30,39H,9-11,16,18-19,21H2,1-5H3,(H,35,40)/t23-,24-,25+,30-/m0/s1. The number of carbonyl (C=O) groups is 2. The Hall–Kier alpha value is -3.78. The average molecular weight is 656 g/mol. The number of likely N-dealkylation sites (N-methyl/N-ethyl adjacent to an activating group) is 1. The van der Waals surface area contributed by atoms with Crippen LogP contribution in [0.25, 0.3) is 0 Å². The normalized spacial score (nSPS) is 20.8. The summed E-state index contributed by atoms with van der Waals surface area (Å²) in [6.07, 6.45) is 4.35. The molecule has 0 saturated carbocycles. The van der Waals surface area contributed by atoms with Gasteiger partial charge in [0.1, 0.15) is 5.75 Å². The van der Waals surface area contributed by atoms with Crippen molar-refractivity contribution in [2.24, 2.45) is 13.0 Å². The molecule has 2 amide bonds. The first-order chi connectivity index (χ1) is 21.9. The fourth-order valence-corrected chi connectivity index (χ4v) is 6.43. The molecular weight excluding hydrogens is 610 g/mol. The smallest absolute Gasteiger partial charge is 0.261 e. The Bertz CT molecular complexity index is 1580. The number of anilines is 1. The molecule has 0 aliphatic carbocycles. The van der Waals surface area contributed by atoms with E-state index in [9.17, 15) is 23.1 Å². The zero-order valence-corrected chi connectivity index (χ0v) is 27.9. The van der Waals surface area contributed by atoms with E-state index in [1.54, 1.807) is 65.9 Å². The van der Waals surface area contributed by atoms with Gasteiger partial charge in [0, 0.05) is 57.2 Å². The summed E-state index contributed by atoms with van der Waals surface area (Å²) >= 11 is 0. The maximum Gasteiger partial charge on any atom is 0.261 e. The molecule has 1 aliphatic heterocycles. The van der Waals surface area contributed by atoms with E-state index >= 15 is 0 Å². The van der Waals surface area contributed by atoms with Crippen molar-refractivity contribution in [1.29, 1.82) is 0 Å². The minimum absolute atomic E-state index is 0.0430. The largest absolute Gasteiger partial charge is 0.490 e. The van der Waals surface area contributed by atoms with Gasteiger partial charge in [-0.15, -0.1) is 0 Å². The number of hydrogen-bond acceptors (Lipinski definition) is 8. The third-order valence-electron chi connectivity index (χ3n) is 8.14. The summed E-state index contributed by atoms with van der Waals surface area (Å²) in [5, 5.41) is 13.0. The van der Waals surface area contributed by atoms with Crippen LogP contribution in [-0.2, 0) is 21.8 Å². The molecule has 0 bridgehead atoms. The summed E-state index contributed by atoms with van der Waals surface area (Å²) in [4.78, 5) is 32.8. The summed E-state index contributed by atoms with van der Waals surface area (Å²) in [7, 11) is -0.687. The molecule has 0 radical (unpaired) electrons. The topological polar surface area (TPSA) is 143 Å². The quantitative estimate of drug-likeness (QED) is 0.373. The number of aryl methyl sites for hydroxylation is 1. The number of imidazole rings is 1. The fourth-order valence-electron chi connectivity index (χ4n) is 5.29. The van der Waals surface area contributed by atoms with Crippen LogP contribution < -0.4 is 10.1 Å². The first kappa shape index (κ1) is 35.1. The molecule has 12 nitrogen and oxygen atoms in total. The van der Waals surface area contributed by atoms with Crippen molar-refractivity contribution in [3.8, 4) is 5.75 Å². The van der Waals surface area contributed by atoms with Gasteiger partial charge in [0.05, 0.1) is 36.7 Å². The number of nitrogens with zero attached hydrogens (tertiary/aromatic N) is 4. The number of fused-ring (bicyclic) bond motifs is 1. The Labute approximate surface area is 271 Å². The van der Waals surface area contributed by atoms with Crippen molar-refractivity contribution < 1.29 is 32.6 Å². The Morgan fingerprint density at radius 1 is 1.17 bits per heavy atom. The summed E-state index contributed by atoms with van der Waals surface area (Å²) in [5.41, 5.74) is 1.14. The highest BCUT2D eigenvalue weighted by Crippen LogP contribution is 2.29. The van der Waals surface area contributed by atoms with Crippen molar-refractivity contribution in [3.05, 3.63) is 72.2 Å². The van der Waals surface area contributed by atoms with Gasteiger partial charge in [-0.2, -0.15) is 4.31 Å². The van der Waals surface area contributed by atoms with E-state index in [4.69, 9.17) is 9.47 Å². The Morgan fingerprint density at radius 3 is 2.59 bits per heavy atom. The molecule has 4 rings (SSSR count). The van der Waals surface area contributed by atoms with Crippen LogP contribution in [0.15, 0.2) is 66.1 Å². The summed E-state index contributed by atoms with van der Waals surface area (Å²) in [6, 6.07) is 13.2. The highest BCUT2D eigenvalue weighted by atomic mass is 32.2. The number of sulfonamides is 1. The lowest BCUT2D eigenvalue weighted by Gasteiger charge is -2.35. The number of aliphatic hydroxyl groups is 1. The minimum Gasteiger partial charge on any atom is -0.490 e. The minimum atomic E-state index is -3.88. The lowest BCUT2D eigenvalue weighted by molar-refractivity contribution is -0.00835. The van der Waals surface area contributed by atoms with Crippen LogP contribution in [-0.4, -0.2) is 95.7 Å². The van der Waals surface area contributed by atoms with E-state index in [1.165, 1.54) is 23.9 Å². The number of aliphatic hydroxyl groups excluding tert-OH is 1. The van der Waals surface area contributed by atoms with Crippen LogP contribution >= 0.6 is 0 Å². The second kappa shape index (κ2) is 15.7. The SMILES string of the molecule is C[C@@H]1CCCCO[C@@H](CN(C)S(=O)(=O)c2cn(C)cn2)[C@@H](C)CN([C@@H](C)CO)C(=O)c2cc(NC(=O)c3ccccc3)ccc2O1. The molecule has 2 heterocycles. The van der Waals surface area contributed by atoms with Crippen molar-refractivity contribution >= 4 is 27.5 Å². The number of amides is 2. The fraction of sp³-hybridized carbons (Fsp3) is 0.485. The first-order valence-electron chi connectivity index (χ1n) is 15.6. The van der Waals surface area contributed by atoms with E-state index in [0.29, 0.717) is 30.0 Å². The number of nitrogens with one attached hydrogen (secondary N) is 1. The second-order valence-corrected chi connectivity index (χ2v) is 14.0. The molecule has 250 valence electrons. The van der Waals surface area contributed by atoms with Crippen molar-refractivity contribution in [3.63, 3.8) is 0 Å². The number of rotatable bonds is 8. The molecular formula is C33H45N5O7S. The van der Waals surface area contributed by atoms with Crippen LogP contribution in [0.3, 0.4) is 0 Å². The molecule has 0 saturated heterocycles. The van der Waals surface area contributed by atoms with Gasteiger partial charge in [-0.05, 0) is 63.4 Å². The predicted octanol–water partition coefficient (Wildman–Crippen LogP) is 3.79.